The maximum atomic E-state index is 4.88. The Hall–Kier alpha value is -1.96. The molecule has 0 aliphatic heterocycles. The number of benzene rings is 1. The van der Waals surface area contributed by atoms with E-state index in [4.69, 9.17) is 9.97 Å². The van der Waals surface area contributed by atoms with Gasteiger partial charge < -0.3 is 0 Å². The van der Waals surface area contributed by atoms with Gasteiger partial charge in [0, 0.05) is 0 Å². The van der Waals surface area contributed by atoms with E-state index in [-0.39, 0.29) is 0 Å². The molecule has 0 aliphatic carbocycles. The molecule has 0 saturated heterocycles. The lowest BCUT2D eigenvalue weighted by molar-refractivity contribution is 0.731. The van der Waals surface area contributed by atoms with Crippen LogP contribution in [0.25, 0.3) is 22.2 Å². The molecule has 0 radical (unpaired) electrons. The van der Waals surface area contributed by atoms with E-state index in [1.807, 2.05) is 24.3 Å². The van der Waals surface area contributed by atoms with Crippen LogP contribution in [0.1, 0.15) is 76.6 Å². The van der Waals surface area contributed by atoms with Gasteiger partial charge in [0.15, 0.2) is 0 Å². The molecule has 0 bridgehead atoms. The summed E-state index contributed by atoms with van der Waals surface area (Å²) in [5.41, 5.74) is 5.96. The Balaban J connectivity index is 2.32. The maximum Gasteiger partial charge on any atom is 0.0923 e. The molecule has 128 valence electrons. The molecule has 0 atom stereocenters. The van der Waals surface area contributed by atoms with E-state index >= 15 is 0 Å². The van der Waals surface area contributed by atoms with Gasteiger partial charge in [-0.1, -0.05) is 64.8 Å². The molecule has 0 spiro atoms. The summed E-state index contributed by atoms with van der Waals surface area (Å²) in [5.74, 6) is 0. The largest absolute Gasteiger partial charge is 0.244 e. The van der Waals surface area contributed by atoms with Crippen LogP contribution in [-0.2, 0) is 0 Å². The first kappa shape index (κ1) is 18.4. The Labute approximate surface area is 146 Å². The standard InChI is InChI=1S/C22H30N2/c1-5-7-9-13-17(3)21-22(18(4)14-10-8-6-2)24-20-16-12-11-15-19(20)23-21/h11-12,15-16H,3-10,13-14H2,1-2H3. The van der Waals surface area contributed by atoms with Crippen LogP contribution in [0.3, 0.4) is 0 Å². The summed E-state index contributed by atoms with van der Waals surface area (Å²) < 4.78 is 0. The van der Waals surface area contributed by atoms with Gasteiger partial charge in [-0.3, -0.25) is 0 Å². The Morgan fingerprint density at radius 1 is 0.750 bits per heavy atom. The molecule has 0 saturated carbocycles. The second kappa shape index (κ2) is 9.36. The third kappa shape index (κ3) is 4.77. The minimum absolute atomic E-state index is 0.939. The highest BCUT2D eigenvalue weighted by Crippen LogP contribution is 2.29. The summed E-state index contributed by atoms with van der Waals surface area (Å²) in [6.45, 7) is 13.0. The average molecular weight is 322 g/mol. The molecule has 24 heavy (non-hydrogen) atoms. The molecule has 0 unspecified atom stereocenters. The minimum Gasteiger partial charge on any atom is -0.244 e. The molecule has 0 amide bonds. The number of allylic oxidation sites excluding steroid dienone is 2. The highest BCUT2D eigenvalue weighted by atomic mass is 14.8. The molecule has 2 nitrogen and oxygen atoms in total. The average Bonchev–Trinajstić information content (AvgIpc) is 2.60. The molecule has 1 heterocycles. The molecule has 2 aromatic rings. The van der Waals surface area contributed by atoms with Crippen molar-refractivity contribution in [3.05, 3.63) is 48.8 Å². The number of unbranched alkanes of at least 4 members (excludes halogenated alkanes) is 4. The fourth-order valence-electron chi connectivity index (χ4n) is 2.91. The zero-order valence-electron chi connectivity index (χ0n) is 15.3. The molecule has 0 aliphatic rings. The van der Waals surface area contributed by atoms with Crippen molar-refractivity contribution in [2.45, 2.75) is 65.2 Å². The molecule has 2 heteroatoms. The molecule has 0 fully saturated rings. The van der Waals surface area contributed by atoms with Crippen LogP contribution in [0, 0.1) is 0 Å². The number of hydrogen-bond donors (Lipinski definition) is 0. The smallest absolute Gasteiger partial charge is 0.0923 e. The zero-order chi connectivity index (χ0) is 17.4. The van der Waals surface area contributed by atoms with Gasteiger partial charge in [-0.2, -0.15) is 0 Å². The van der Waals surface area contributed by atoms with Gasteiger partial charge in [0.25, 0.3) is 0 Å². The molecule has 1 aromatic heterocycles. The first-order valence-corrected chi connectivity index (χ1v) is 9.30. The summed E-state index contributed by atoms with van der Waals surface area (Å²) in [5, 5.41) is 0. The van der Waals surface area contributed by atoms with E-state index in [0.717, 1.165) is 59.3 Å². The van der Waals surface area contributed by atoms with E-state index in [9.17, 15) is 0 Å². The lowest BCUT2D eigenvalue weighted by atomic mass is 9.98. The quantitative estimate of drug-likeness (QED) is 0.449. The number of rotatable bonds is 10. The first-order chi connectivity index (χ1) is 11.7. The van der Waals surface area contributed by atoms with Crippen LogP contribution in [0.2, 0.25) is 0 Å². The molecular weight excluding hydrogens is 292 g/mol. The lowest BCUT2D eigenvalue weighted by Crippen LogP contribution is -2.01. The second-order valence-corrected chi connectivity index (χ2v) is 6.53. The van der Waals surface area contributed by atoms with Crippen molar-refractivity contribution in [3.63, 3.8) is 0 Å². The van der Waals surface area contributed by atoms with Gasteiger partial charge in [-0.15, -0.1) is 0 Å². The van der Waals surface area contributed by atoms with Crippen LogP contribution in [0.4, 0.5) is 0 Å². The van der Waals surface area contributed by atoms with Gasteiger partial charge in [0.05, 0.1) is 22.4 Å². The van der Waals surface area contributed by atoms with E-state index in [0.29, 0.717) is 0 Å². The number of hydrogen-bond acceptors (Lipinski definition) is 2. The maximum absolute atomic E-state index is 4.88. The minimum atomic E-state index is 0.939. The Bertz CT molecular complexity index is 640. The normalized spacial score (nSPS) is 10.9. The number of para-hydroxylation sites is 2. The molecule has 0 N–H and O–H groups in total. The van der Waals surface area contributed by atoms with Crippen molar-refractivity contribution in [3.8, 4) is 0 Å². The summed E-state index contributed by atoms with van der Waals surface area (Å²) >= 11 is 0. The zero-order valence-corrected chi connectivity index (χ0v) is 15.3. The van der Waals surface area contributed by atoms with Crippen molar-refractivity contribution in [2.24, 2.45) is 0 Å². The number of nitrogens with zero attached hydrogens (tertiary/aromatic N) is 2. The highest BCUT2D eigenvalue weighted by Gasteiger charge is 2.14. The van der Waals surface area contributed by atoms with E-state index in [1.54, 1.807) is 0 Å². The van der Waals surface area contributed by atoms with Gasteiger partial charge in [-0.25, -0.2) is 9.97 Å². The summed E-state index contributed by atoms with van der Waals surface area (Å²) in [4.78, 5) is 9.76. The van der Waals surface area contributed by atoms with Gasteiger partial charge in [0.1, 0.15) is 0 Å². The van der Waals surface area contributed by atoms with Crippen LogP contribution in [0.5, 0.6) is 0 Å². The lowest BCUT2D eigenvalue weighted by Gasteiger charge is -2.14. The predicted octanol–water partition coefficient (Wildman–Crippen LogP) is 6.82. The van der Waals surface area contributed by atoms with Gasteiger partial charge in [0.2, 0.25) is 0 Å². The van der Waals surface area contributed by atoms with Crippen molar-refractivity contribution in [1.29, 1.82) is 0 Å². The van der Waals surface area contributed by atoms with Crippen LogP contribution >= 0.6 is 0 Å². The Morgan fingerprint density at radius 2 is 1.17 bits per heavy atom. The molecular formula is C22H30N2. The van der Waals surface area contributed by atoms with Crippen molar-refractivity contribution < 1.29 is 0 Å². The monoisotopic (exact) mass is 322 g/mol. The van der Waals surface area contributed by atoms with E-state index in [1.165, 1.54) is 25.7 Å². The number of aromatic nitrogens is 2. The van der Waals surface area contributed by atoms with Crippen molar-refractivity contribution >= 4 is 22.2 Å². The van der Waals surface area contributed by atoms with Gasteiger partial charge in [-0.05, 0) is 49.0 Å². The topological polar surface area (TPSA) is 25.8 Å². The van der Waals surface area contributed by atoms with E-state index in [2.05, 4.69) is 27.0 Å². The fraction of sp³-hybridized carbons (Fsp3) is 0.455. The Kier molecular flexibility index (Phi) is 7.17. The highest BCUT2D eigenvalue weighted by molar-refractivity contribution is 5.82. The van der Waals surface area contributed by atoms with Crippen molar-refractivity contribution in [1.82, 2.24) is 9.97 Å². The molecule has 2 rings (SSSR count). The third-order valence-electron chi connectivity index (χ3n) is 4.40. The predicted molar refractivity (Wildman–Crippen MR) is 106 cm³/mol. The van der Waals surface area contributed by atoms with Gasteiger partial charge >= 0.3 is 0 Å². The summed E-state index contributed by atoms with van der Waals surface area (Å²) in [6, 6.07) is 8.07. The SMILES string of the molecule is C=C(CCCCC)c1nc2ccccc2nc1C(=C)CCCCC. The van der Waals surface area contributed by atoms with Crippen LogP contribution < -0.4 is 0 Å². The van der Waals surface area contributed by atoms with E-state index < -0.39 is 0 Å². The Morgan fingerprint density at radius 3 is 1.54 bits per heavy atom. The fourth-order valence-corrected chi connectivity index (χ4v) is 2.91. The summed E-state index contributed by atoms with van der Waals surface area (Å²) in [6.07, 6.45) is 9.17. The van der Waals surface area contributed by atoms with Crippen LogP contribution in [-0.4, -0.2) is 9.97 Å². The second-order valence-electron chi connectivity index (χ2n) is 6.53. The summed E-state index contributed by atoms with van der Waals surface area (Å²) in [7, 11) is 0. The third-order valence-corrected chi connectivity index (χ3v) is 4.40. The first-order valence-electron chi connectivity index (χ1n) is 9.30. The van der Waals surface area contributed by atoms with Crippen molar-refractivity contribution in [2.75, 3.05) is 0 Å². The molecule has 1 aromatic carbocycles. The number of fused-ring (bicyclic) bond motifs is 1. The van der Waals surface area contributed by atoms with Crippen LogP contribution in [0.15, 0.2) is 37.4 Å².